The molecule has 1 amide bonds. The first kappa shape index (κ1) is 22.1. The van der Waals surface area contributed by atoms with Gasteiger partial charge in [-0.2, -0.15) is 0 Å². The predicted molar refractivity (Wildman–Crippen MR) is 119 cm³/mol. The van der Waals surface area contributed by atoms with Crippen molar-refractivity contribution in [1.82, 2.24) is 0 Å². The van der Waals surface area contributed by atoms with Crippen LogP contribution in [0.25, 0.3) is 0 Å². The number of nitrogens with zero attached hydrogens (tertiary/aromatic N) is 1. The van der Waals surface area contributed by atoms with Gasteiger partial charge in [-0.25, -0.2) is 9.38 Å². The lowest BCUT2D eigenvalue weighted by Gasteiger charge is -2.45. The number of carbonyl (C=O) groups excluding carboxylic acids is 1. The fourth-order valence-electron chi connectivity index (χ4n) is 5.14. The molecule has 1 aromatic rings. The molecule has 0 bridgehead atoms. The van der Waals surface area contributed by atoms with Gasteiger partial charge in [0.2, 0.25) is 5.91 Å². The van der Waals surface area contributed by atoms with E-state index in [4.69, 9.17) is 23.1 Å². The van der Waals surface area contributed by atoms with Crippen molar-refractivity contribution < 1.29 is 18.7 Å². The Kier molecular flexibility index (Phi) is 6.56. The first-order valence-electron chi connectivity index (χ1n) is 11.3. The molecule has 2 heterocycles. The van der Waals surface area contributed by atoms with E-state index in [0.29, 0.717) is 43.7 Å². The lowest BCUT2D eigenvalue weighted by Crippen LogP contribution is -2.54. The highest BCUT2D eigenvalue weighted by atomic mass is 19.1. The molecule has 4 rings (SSSR count). The molecule has 1 aliphatic carbocycles. The van der Waals surface area contributed by atoms with Crippen LogP contribution in [0.5, 0.6) is 0 Å². The van der Waals surface area contributed by atoms with Crippen LogP contribution in [0.3, 0.4) is 0 Å². The van der Waals surface area contributed by atoms with Gasteiger partial charge in [0.1, 0.15) is 18.3 Å². The third-order valence-corrected chi connectivity index (χ3v) is 7.01. The van der Waals surface area contributed by atoms with Crippen molar-refractivity contribution in [2.24, 2.45) is 16.6 Å². The van der Waals surface area contributed by atoms with E-state index in [9.17, 15) is 9.18 Å². The Labute approximate surface area is 184 Å². The number of amidine groups is 1. The zero-order valence-electron chi connectivity index (χ0n) is 17.9. The van der Waals surface area contributed by atoms with Crippen LogP contribution in [-0.2, 0) is 19.8 Å². The summed E-state index contributed by atoms with van der Waals surface area (Å²) >= 11 is 0. The number of alkyl halides is 1. The topological polar surface area (TPSA) is 85.9 Å². The van der Waals surface area contributed by atoms with Crippen LogP contribution < -0.4 is 11.1 Å². The minimum atomic E-state index is -1.20. The van der Waals surface area contributed by atoms with Gasteiger partial charge in [0.05, 0.1) is 27.0 Å². The zero-order chi connectivity index (χ0) is 21.9. The van der Waals surface area contributed by atoms with Crippen LogP contribution in [0, 0.1) is 5.92 Å². The summed E-state index contributed by atoms with van der Waals surface area (Å²) in [6, 6.07) is 7.17. The minimum absolute atomic E-state index is 0.00864. The van der Waals surface area contributed by atoms with Crippen molar-refractivity contribution >= 4 is 25.5 Å². The maximum Gasteiger partial charge on any atom is 0.283 e. The molecule has 1 saturated heterocycles. The number of halogens is 1. The largest absolute Gasteiger partial charge is 0.462 e. The lowest BCUT2D eigenvalue weighted by atomic mass is 9.61. The molecule has 0 unspecified atom stereocenters. The molecule has 1 aromatic carbocycles. The average molecular weight is 427 g/mol. The monoisotopic (exact) mass is 427 g/mol. The van der Waals surface area contributed by atoms with E-state index in [0.717, 1.165) is 25.7 Å². The molecule has 166 valence electrons. The number of fused-ring (bicyclic) bond motifs is 1. The quantitative estimate of drug-likeness (QED) is 0.719. The molecule has 6 nitrogen and oxygen atoms in total. The van der Waals surface area contributed by atoms with Crippen LogP contribution in [0.2, 0.25) is 5.31 Å². The average Bonchev–Trinajstić information content (AvgIpc) is 2.76. The number of carbonyl (C=O) groups is 1. The molecule has 3 N–H and O–H groups in total. The Bertz CT molecular complexity index is 828. The Morgan fingerprint density at radius 3 is 2.74 bits per heavy atom. The summed E-state index contributed by atoms with van der Waals surface area (Å²) < 4.78 is 25.9. The number of nitrogens with one attached hydrogen (secondary N) is 1. The number of benzene rings is 1. The third kappa shape index (κ3) is 4.45. The molecule has 2 fully saturated rings. The second-order valence-corrected chi connectivity index (χ2v) is 9.09. The fraction of sp³-hybridized carbons (Fsp3) is 0.652. The molecule has 3 atom stereocenters. The number of hydrogen-bond donors (Lipinski definition) is 2. The second kappa shape index (κ2) is 9.19. The molecule has 0 aromatic heterocycles. The van der Waals surface area contributed by atoms with Crippen LogP contribution >= 0.6 is 0 Å². The fourth-order valence-corrected chi connectivity index (χ4v) is 5.14. The Balaban J connectivity index is 1.60. The van der Waals surface area contributed by atoms with E-state index in [1.165, 1.54) is 6.42 Å². The summed E-state index contributed by atoms with van der Waals surface area (Å²) in [5, 5.41) is 2.10. The first-order chi connectivity index (χ1) is 15.0. The van der Waals surface area contributed by atoms with E-state index in [2.05, 4.69) is 10.3 Å². The number of rotatable bonds is 4. The van der Waals surface area contributed by atoms with Crippen molar-refractivity contribution in [3.63, 3.8) is 0 Å². The molecule has 2 radical (unpaired) electrons. The number of aliphatic imine (C=N–C) groups is 1. The number of amides is 1. The molecule has 2 aliphatic heterocycles. The van der Waals surface area contributed by atoms with Crippen molar-refractivity contribution in [3.8, 4) is 0 Å². The molecule has 8 heteroatoms. The predicted octanol–water partition coefficient (Wildman–Crippen LogP) is 3.61. The summed E-state index contributed by atoms with van der Waals surface area (Å²) in [7, 11) is 6.52. The Hall–Kier alpha value is -2.09. The van der Waals surface area contributed by atoms with E-state index in [-0.39, 0.29) is 24.0 Å². The first-order valence-corrected chi connectivity index (χ1v) is 11.3. The molecule has 0 spiro atoms. The highest BCUT2D eigenvalue weighted by Crippen LogP contribution is 2.44. The standard InChI is InChI=1S/C23H31BFN3O3/c24-22(10-4-2-1-3-5-11-22)20(29)27-17-8-6-7-16(13-17)23(15-25)18-14-30-12-9-19(18)31-21(26)28-23/h6-8,13,18-19H,1-5,9-12,14-15H2,(H2,26,28)(H,27,29)/t18-,19+,23+/m0/s1. The van der Waals surface area contributed by atoms with E-state index in [1.807, 2.05) is 6.07 Å². The molecule has 3 aliphatic rings. The van der Waals surface area contributed by atoms with Crippen LogP contribution in [-0.4, -0.2) is 45.8 Å². The lowest BCUT2D eigenvalue weighted by molar-refractivity contribution is -0.119. The maximum atomic E-state index is 14.6. The zero-order valence-corrected chi connectivity index (χ0v) is 17.9. The Morgan fingerprint density at radius 1 is 1.26 bits per heavy atom. The van der Waals surface area contributed by atoms with Gasteiger partial charge >= 0.3 is 0 Å². The van der Waals surface area contributed by atoms with Gasteiger partial charge in [0.25, 0.3) is 6.02 Å². The molecule has 1 saturated carbocycles. The van der Waals surface area contributed by atoms with Gasteiger partial charge in [-0.15, -0.1) is 0 Å². The van der Waals surface area contributed by atoms with Gasteiger partial charge in [-0.1, -0.05) is 44.2 Å². The van der Waals surface area contributed by atoms with E-state index < -0.39 is 17.5 Å². The van der Waals surface area contributed by atoms with Crippen molar-refractivity contribution in [1.29, 1.82) is 0 Å². The highest BCUT2D eigenvalue weighted by molar-refractivity contribution is 6.30. The molecular weight excluding hydrogens is 396 g/mol. The summed E-state index contributed by atoms with van der Waals surface area (Å²) in [4.78, 5) is 17.5. The van der Waals surface area contributed by atoms with Crippen molar-refractivity contribution in [2.75, 3.05) is 25.2 Å². The third-order valence-electron chi connectivity index (χ3n) is 7.01. The summed E-state index contributed by atoms with van der Waals surface area (Å²) in [5.74, 6) is -0.481. The number of ether oxygens (including phenoxy) is 2. The SMILES string of the molecule is [B]C1(C(=O)Nc2cccc([C@@]3(CF)N=C(N)O[C@@H]4CCOC[C@@H]43)c2)CCCCCCC1. The van der Waals surface area contributed by atoms with Crippen LogP contribution in [0.4, 0.5) is 10.1 Å². The summed E-state index contributed by atoms with van der Waals surface area (Å²) in [6.45, 7) is 0.152. The number of hydrogen-bond acceptors (Lipinski definition) is 5. The summed E-state index contributed by atoms with van der Waals surface area (Å²) in [6.07, 6.45) is 7.04. The van der Waals surface area contributed by atoms with E-state index in [1.54, 1.807) is 18.2 Å². The van der Waals surface area contributed by atoms with Crippen molar-refractivity contribution in [2.45, 2.75) is 68.3 Å². The maximum absolute atomic E-state index is 14.6. The van der Waals surface area contributed by atoms with E-state index >= 15 is 0 Å². The number of nitrogens with two attached hydrogens (primary N) is 1. The van der Waals surface area contributed by atoms with Gasteiger partial charge in [-0.3, -0.25) is 4.79 Å². The Morgan fingerprint density at radius 2 is 2.00 bits per heavy atom. The minimum Gasteiger partial charge on any atom is -0.462 e. The van der Waals surface area contributed by atoms with Crippen molar-refractivity contribution in [3.05, 3.63) is 29.8 Å². The summed E-state index contributed by atoms with van der Waals surface area (Å²) in [5.41, 5.74) is 5.95. The second-order valence-electron chi connectivity index (χ2n) is 9.09. The smallest absolute Gasteiger partial charge is 0.283 e. The molecule has 31 heavy (non-hydrogen) atoms. The highest BCUT2D eigenvalue weighted by Gasteiger charge is 2.50. The number of anilines is 1. The van der Waals surface area contributed by atoms with Gasteiger partial charge in [0, 0.05) is 17.4 Å². The van der Waals surface area contributed by atoms with Gasteiger partial charge in [-0.05, 0) is 30.5 Å². The van der Waals surface area contributed by atoms with Gasteiger partial charge in [0.15, 0.2) is 0 Å². The van der Waals surface area contributed by atoms with Crippen LogP contribution in [0.1, 0.15) is 56.9 Å². The molecular formula is C23H31BFN3O3. The van der Waals surface area contributed by atoms with Crippen LogP contribution in [0.15, 0.2) is 29.3 Å². The van der Waals surface area contributed by atoms with Gasteiger partial charge < -0.3 is 20.5 Å². The normalized spacial score (nSPS) is 30.7.